The van der Waals surface area contributed by atoms with Gasteiger partial charge in [0.05, 0.1) is 31.2 Å². The summed E-state index contributed by atoms with van der Waals surface area (Å²) < 4.78 is 1.56. The number of hydrogen-bond donors (Lipinski definition) is 3. The quantitative estimate of drug-likeness (QED) is 0.697. The van der Waals surface area contributed by atoms with Crippen LogP contribution < -0.4 is 0 Å². The van der Waals surface area contributed by atoms with Crippen molar-refractivity contribution in [1.82, 2.24) is 24.6 Å². The molecule has 3 rings (SSSR count). The second-order valence-electron chi connectivity index (χ2n) is 5.48. The number of H-pyrrole nitrogens is 1. The molecule has 0 aliphatic carbocycles. The minimum atomic E-state index is -0.934. The van der Waals surface area contributed by atoms with Gasteiger partial charge in [-0.3, -0.25) is 19.2 Å². The normalized spacial score (nSPS) is 17.8. The molecule has 2 aromatic rings. The van der Waals surface area contributed by atoms with Crippen molar-refractivity contribution in [3.63, 3.8) is 0 Å². The number of rotatable bonds is 6. The van der Waals surface area contributed by atoms with Crippen LogP contribution in [-0.4, -0.2) is 53.3 Å². The van der Waals surface area contributed by atoms with Crippen LogP contribution in [0.3, 0.4) is 0 Å². The van der Waals surface area contributed by atoms with Gasteiger partial charge >= 0.3 is 11.9 Å². The molecule has 2 aromatic heterocycles. The SMILES string of the molecule is O=C(O)CCn1cc(CN2CCc3[nH]cnc3C2C(=O)O)cn1. The number of aryl methyl sites for hydroxylation is 1. The maximum absolute atomic E-state index is 11.6. The Bertz CT molecular complexity index is 722. The smallest absolute Gasteiger partial charge is 0.327 e. The number of aromatic nitrogens is 4. The number of imidazole rings is 1. The van der Waals surface area contributed by atoms with Gasteiger partial charge in [0.1, 0.15) is 0 Å². The second-order valence-corrected chi connectivity index (χ2v) is 5.48. The molecule has 1 aliphatic heterocycles. The average molecular weight is 319 g/mol. The molecule has 9 heteroatoms. The van der Waals surface area contributed by atoms with Gasteiger partial charge < -0.3 is 15.2 Å². The summed E-state index contributed by atoms with van der Waals surface area (Å²) in [5, 5.41) is 22.3. The Labute approximate surface area is 131 Å². The first-order valence-corrected chi connectivity index (χ1v) is 7.26. The molecule has 9 nitrogen and oxygen atoms in total. The number of aromatic amines is 1. The van der Waals surface area contributed by atoms with E-state index in [-0.39, 0.29) is 6.42 Å². The molecule has 23 heavy (non-hydrogen) atoms. The standard InChI is InChI=1S/C14H17N5O4/c20-11(21)2-4-19-7-9(5-17-19)6-18-3-1-10-12(16-8-15-10)13(18)14(22)23/h5,7-8,13H,1-4,6H2,(H,15,16)(H,20,21)(H,22,23). The van der Waals surface area contributed by atoms with Crippen molar-refractivity contribution in [1.29, 1.82) is 0 Å². The molecular weight excluding hydrogens is 302 g/mol. The summed E-state index contributed by atoms with van der Waals surface area (Å²) in [4.78, 5) is 31.2. The Hall–Kier alpha value is -2.68. The summed E-state index contributed by atoms with van der Waals surface area (Å²) >= 11 is 0. The van der Waals surface area contributed by atoms with E-state index in [0.717, 1.165) is 11.3 Å². The highest BCUT2D eigenvalue weighted by molar-refractivity contribution is 5.75. The van der Waals surface area contributed by atoms with E-state index in [0.29, 0.717) is 31.7 Å². The van der Waals surface area contributed by atoms with Crippen molar-refractivity contribution >= 4 is 11.9 Å². The first-order valence-electron chi connectivity index (χ1n) is 7.26. The van der Waals surface area contributed by atoms with Crippen LogP contribution in [0.1, 0.15) is 29.4 Å². The van der Waals surface area contributed by atoms with E-state index in [9.17, 15) is 14.7 Å². The minimum absolute atomic E-state index is 0.000779. The number of fused-ring (bicyclic) bond motifs is 1. The predicted octanol–water partition coefficient (Wildman–Crippen LogP) is 0.265. The zero-order valence-electron chi connectivity index (χ0n) is 12.3. The third kappa shape index (κ3) is 3.24. The Morgan fingerprint density at radius 1 is 1.39 bits per heavy atom. The Balaban J connectivity index is 1.72. The molecule has 0 radical (unpaired) electrons. The van der Waals surface area contributed by atoms with Gasteiger partial charge in [0.15, 0.2) is 6.04 Å². The van der Waals surface area contributed by atoms with E-state index in [2.05, 4.69) is 15.1 Å². The lowest BCUT2D eigenvalue weighted by Gasteiger charge is -2.31. The maximum Gasteiger partial charge on any atom is 0.327 e. The fourth-order valence-corrected chi connectivity index (χ4v) is 2.82. The van der Waals surface area contributed by atoms with Crippen molar-refractivity contribution in [3.05, 3.63) is 35.7 Å². The molecule has 0 spiro atoms. The van der Waals surface area contributed by atoms with E-state index in [1.165, 1.54) is 6.33 Å². The van der Waals surface area contributed by atoms with Crippen LogP contribution in [0.5, 0.6) is 0 Å². The van der Waals surface area contributed by atoms with Crippen LogP contribution in [0, 0.1) is 0 Å². The van der Waals surface area contributed by atoms with Crippen molar-refractivity contribution in [3.8, 4) is 0 Å². The highest BCUT2D eigenvalue weighted by atomic mass is 16.4. The van der Waals surface area contributed by atoms with Crippen LogP contribution in [0.25, 0.3) is 0 Å². The molecule has 1 unspecified atom stereocenters. The van der Waals surface area contributed by atoms with Crippen molar-refractivity contribution in [2.75, 3.05) is 6.54 Å². The van der Waals surface area contributed by atoms with E-state index < -0.39 is 18.0 Å². The number of nitrogens with zero attached hydrogens (tertiary/aromatic N) is 4. The zero-order chi connectivity index (χ0) is 16.4. The number of nitrogens with one attached hydrogen (secondary N) is 1. The topological polar surface area (TPSA) is 124 Å². The number of hydrogen-bond acceptors (Lipinski definition) is 5. The molecule has 0 fully saturated rings. The summed E-state index contributed by atoms with van der Waals surface area (Å²) in [6.45, 7) is 1.32. The number of carbonyl (C=O) groups is 2. The Kier molecular flexibility index (Phi) is 4.11. The highest BCUT2D eigenvalue weighted by Crippen LogP contribution is 2.28. The maximum atomic E-state index is 11.6. The van der Waals surface area contributed by atoms with Gasteiger partial charge in [-0.15, -0.1) is 0 Å². The fraction of sp³-hybridized carbons (Fsp3) is 0.429. The van der Waals surface area contributed by atoms with Crippen molar-refractivity contribution in [2.45, 2.75) is 32.0 Å². The van der Waals surface area contributed by atoms with Gasteiger partial charge in [0, 0.05) is 37.0 Å². The average Bonchev–Trinajstić information content (AvgIpc) is 3.13. The molecule has 0 amide bonds. The first-order chi connectivity index (χ1) is 11.0. The summed E-state index contributed by atoms with van der Waals surface area (Å²) in [6, 6.07) is -0.785. The number of aliphatic carboxylic acids is 2. The zero-order valence-corrected chi connectivity index (χ0v) is 12.3. The van der Waals surface area contributed by atoms with Crippen LogP contribution in [0.15, 0.2) is 18.7 Å². The van der Waals surface area contributed by atoms with Gasteiger partial charge in [-0.2, -0.15) is 5.10 Å². The number of carboxylic acids is 2. The number of carboxylic acid groups (broad SMARTS) is 2. The molecule has 1 atom stereocenters. The minimum Gasteiger partial charge on any atom is -0.481 e. The van der Waals surface area contributed by atoms with Gasteiger partial charge in [-0.25, -0.2) is 4.98 Å². The molecule has 0 saturated heterocycles. The van der Waals surface area contributed by atoms with E-state index in [4.69, 9.17) is 5.11 Å². The molecule has 1 aliphatic rings. The third-order valence-electron chi connectivity index (χ3n) is 3.89. The fourth-order valence-electron chi connectivity index (χ4n) is 2.82. The van der Waals surface area contributed by atoms with E-state index in [1.807, 2.05) is 4.90 Å². The first kappa shape index (κ1) is 15.2. The van der Waals surface area contributed by atoms with Gasteiger partial charge in [0.2, 0.25) is 0 Å². The highest BCUT2D eigenvalue weighted by Gasteiger charge is 2.35. The molecule has 0 aromatic carbocycles. The molecule has 0 saturated carbocycles. The summed E-state index contributed by atoms with van der Waals surface area (Å²) in [7, 11) is 0. The van der Waals surface area contributed by atoms with E-state index >= 15 is 0 Å². The lowest BCUT2D eigenvalue weighted by atomic mass is 10.0. The van der Waals surface area contributed by atoms with Crippen LogP contribution >= 0.6 is 0 Å². The van der Waals surface area contributed by atoms with Crippen molar-refractivity contribution < 1.29 is 19.8 Å². The lowest BCUT2D eigenvalue weighted by Crippen LogP contribution is -2.39. The van der Waals surface area contributed by atoms with Crippen LogP contribution in [0.4, 0.5) is 0 Å². The summed E-state index contributed by atoms with van der Waals surface area (Å²) in [5.74, 6) is -1.81. The van der Waals surface area contributed by atoms with Gasteiger partial charge in [0.25, 0.3) is 0 Å². The van der Waals surface area contributed by atoms with Crippen LogP contribution in [-0.2, 0) is 29.1 Å². The molecule has 3 N–H and O–H groups in total. The van der Waals surface area contributed by atoms with Gasteiger partial charge in [-0.05, 0) is 0 Å². The monoisotopic (exact) mass is 319 g/mol. The largest absolute Gasteiger partial charge is 0.481 e. The Morgan fingerprint density at radius 2 is 2.22 bits per heavy atom. The predicted molar refractivity (Wildman–Crippen MR) is 77.6 cm³/mol. The lowest BCUT2D eigenvalue weighted by molar-refractivity contribution is -0.144. The molecular formula is C14H17N5O4. The van der Waals surface area contributed by atoms with E-state index in [1.54, 1.807) is 17.1 Å². The summed E-state index contributed by atoms with van der Waals surface area (Å²) in [6.07, 6.45) is 5.63. The van der Waals surface area contributed by atoms with Crippen LogP contribution in [0.2, 0.25) is 0 Å². The van der Waals surface area contributed by atoms with Crippen molar-refractivity contribution in [2.24, 2.45) is 0 Å². The second kappa shape index (κ2) is 6.21. The Morgan fingerprint density at radius 3 is 2.96 bits per heavy atom. The molecule has 3 heterocycles. The van der Waals surface area contributed by atoms with Gasteiger partial charge in [-0.1, -0.05) is 0 Å². The third-order valence-corrected chi connectivity index (χ3v) is 3.89. The molecule has 0 bridgehead atoms. The summed E-state index contributed by atoms with van der Waals surface area (Å²) in [5.41, 5.74) is 2.27. The molecule has 122 valence electrons.